The van der Waals surface area contributed by atoms with Crippen molar-refractivity contribution in [2.45, 2.75) is 13.0 Å². The minimum absolute atomic E-state index is 0.306. The summed E-state index contributed by atoms with van der Waals surface area (Å²) in [6, 6.07) is 14.5. The van der Waals surface area contributed by atoms with Gasteiger partial charge in [0.2, 0.25) is 0 Å². The van der Waals surface area contributed by atoms with E-state index in [1.807, 2.05) is 42.6 Å². The number of hydrogen-bond acceptors (Lipinski definition) is 2. The monoisotopic (exact) mass is 281 g/mol. The first-order valence-corrected chi connectivity index (χ1v) is 6.81. The highest BCUT2D eigenvalue weighted by atomic mass is 19.1. The average molecular weight is 281 g/mol. The van der Waals surface area contributed by atoms with Crippen LogP contribution in [0.1, 0.15) is 18.5 Å². The molecule has 0 aliphatic carbocycles. The smallest absolute Gasteiger partial charge is 0.130 e. The van der Waals surface area contributed by atoms with Gasteiger partial charge in [0.25, 0.3) is 0 Å². The van der Waals surface area contributed by atoms with Gasteiger partial charge >= 0.3 is 0 Å². The third kappa shape index (κ3) is 2.58. The molecule has 1 aromatic heterocycles. The average Bonchev–Trinajstić information content (AvgIpc) is 2.97. The molecule has 0 aliphatic heterocycles. The van der Waals surface area contributed by atoms with E-state index in [0.29, 0.717) is 11.3 Å². The number of hydrogen-bond donors (Lipinski definition) is 1. The van der Waals surface area contributed by atoms with Gasteiger partial charge in [0, 0.05) is 23.4 Å². The molecule has 0 saturated carbocycles. The number of aromatic nitrogens is 2. The lowest BCUT2D eigenvalue weighted by Gasteiger charge is -2.13. The first-order chi connectivity index (χ1) is 10.2. The maximum atomic E-state index is 14.0. The van der Waals surface area contributed by atoms with Gasteiger partial charge in [-0.15, -0.1) is 0 Å². The van der Waals surface area contributed by atoms with Gasteiger partial charge in [-0.3, -0.25) is 0 Å². The summed E-state index contributed by atoms with van der Waals surface area (Å²) in [5, 5.41) is 4.34. The predicted octanol–water partition coefficient (Wildman–Crippen LogP) is 3.70. The van der Waals surface area contributed by atoms with E-state index in [0.717, 1.165) is 11.1 Å². The van der Waals surface area contributed by atoms with E-state index in [1.165, 1.54) is 6.07 Å². The lowest BCUT2D eigenvalue weighted by molar-refractivity contribution is 0.589. The Morgan fingerprint density at radius 1 is 1.05 bits per heavy atom. The molecule has 106 valence electrons. The number of nitrogens with two attached hydrogens (primary N) is 1. The number of halogens is 1. The first-order valence-electron chi connectivity index (χ1n) is 6.81. The summed E-state index contributed by atoms with van der Waals surface area (Å²) < 4.78 is 15.7. The first kappa shape index (κ1) is 13.5. The topological polar surface area (TPSA) is 43.8 Å². The van der Waals surface area contributed by atoms with Gasteiger partial charge in [0.05, 0.1) is 11.9 Å². The molecule has 2 aromatic carbocycles. The van der Waals surface area contributed by atoms with Gasteiger partial charge in [0.1, 0.15) is 5.82 Å². The Bertz CT molecular complexity index is 748. The molecule has 3 aromatic rings. The van der Waals surface area contributed by atoms with E-state index in [2.05, 4.69) is 5.10 Å². The molecule has 0 unspecified atom stereocenters. The molecular formula is C17H16FN3. The van der Waals surface area contributed by atoms with Crippen molar-refractivity contribution in [2.75, 3.05) is 0 Å². The van der Waals surface area contributed by atoms with Gasteiger partial charge in [0.15, 0.2) is 0 Å². The van der Waals surface area contributed by atoms with Gasteiger partial charge in [-0.25, -0.2) is 9.07 Å². The molecule has 0 spiro atoms. The van der Waals surface area contributed by atoms with Crippen LogP contribution in [0.15, 0.2) is 60.9 Å². The molecular weight excluding hydrogens is 265 g/mol. The normalized spacial score (nSPS) is 12.3. The standard InChI is InChI=1S/C17H16FN3/c1-12(19)17-15(18)8-5-9-16(17)21-11-14(10-20-21)13-6-3-2-4-7-13/h2-12H,19H2,1H3/t12-/m0/s1. The Hall–Kier alpha value is -2.46. The molecule has 3 rings (SSSR count). The van der Waals surface area contributed by atoms with Crippen LogP contribution in [-0.2, 0) is 0 Å². The van der Waals surface area contributed by atoms with Crippen molar-refractivity contribution in [3.05, 3.63) is 72.3 Å². The Morgan fingerprint density at radius 3 is 2.52 bits per heavy atom. The maximum Gasteiger partial charge on any atom is 0.130 e. The maximum absolute atomic E-state index is 14.0. The van der Waals surface area contributed by atoms with Crippen LogP contribution in [0, 0.1) is 5.82 Å². The highest BCUT2D eigenvalue weighted by Crippen LogP contribution is 2.25. The van der Waals surface area contributed by atoms with Gasteiger partial charge in [-0.1, -0.05) is 36.4 Å². The van der Waals surface area contributed by atoms with E-state index in [1.54, 1.807) is 23.9 Å². The van der Waals surface area contributed by atoms with E-state index < -0.39 is 6.04 Å². The Morgan fingerprint density at radius 2 is 1.81 bits per heavy atom. The van der Waals surface area contributed by atoms with Crippen LogP contribution in [0.4, 0.5) is 4.39 Å². The predicted molar refractivity (Wildman–Crippen MR) is 81.6 cm³/mol. The Balaban J connectivity index is 2.07. The summed E-state index contributed by atoms with van der Waals surface area (Å²) in [5.41, 5.74) is 9.09. The van der Waals surface area contributed by atoms with Crippen molar-refractivity contribution in [3.63, 3.8) is 0 Å². The zero-order valence-electron chi connectivity index (χ0n) is 11.7. The summed E-state index contributed by atoms with van der Waals surface area (Å²) >= 11 is 0. The molecule has 0 amide bonds. The number of rotatable bonds is 3. The van der Waals surface area contributed by atoms with E-state index in [-0.39, 0.29) is 5.82 Å². The second kappa shape index (κ2) is 5.50. The zero-order chi connectivity index (χ0) is 14.8. The second-order valence-electron chi connectivity index (χ2n) is 5.00. The fraction of sp³-hybridized carbons (Fsp3) is 0.118. The van der Waals surface area contributed by atoms with Gasteiger partial charge in [-0.05, 0) is 24.6 Å². The van der Waals surface area contributed by atoms with E-state index in [4.69, 9.17) is 5.73 Å². The molecule has 21 heavy (non-hydrogen) atoms. The summed E-state index contributed by atoms with van der Waals surface area (Å²) in [6.45, 7) is 1.77. The van der Waals surface area contributed by atoms with Crippen LogP contribution < -0.4 is 5.73 Å². The molecule has 4 heteroatoms. The molecule has 3 nitrogen and oxygen atoms in total. The van der Waals surface area contributed by atoms with Crippen molar-refractivity contribution in [1.82, 2.24) is 9.78 Å². The molecule has 0 fully saturated rings. The zero-order valence-corrected chi connectivity index (χ0v) is 11.7. The summed E-state index contributed by atoms with van der Waals surface area (Å²) in [7, 11) is 0. The minimum Gasteiger partial charge on any atom is -0.324 e. The fourth-order valence-corrected chi connectivity index (χ4v) is 2.41. The van der Waals surface area contributed by atoms with Crippen molar-refractivity contribution >= 4 is 0 Å². The van der Waals surface area contributed by atoms with Crippen LogP contribution in [-0.4, -0.2) is 9.78 Å². The van der Waals surface area contributed by atoms with E-state index >= 15 is 0 Å². The lowest BCUT2D eigenvalue weighted by atomic mass is 10.1. The minimum atomic E-state index is -0.398. The van der Waals surface area contributed by atoms with Crippen LogP contribution >= 0.6 is 0 Å². The van der Waals surface area contributed by atoms with E-state index in [9.17, 15) is 4.39 Å². The second-order valence-corrected chi connectivity index (χ2v) is 5.00. The Kier molecular flexibility index (Phi) is 3.54. The SMILES string of the molecule is C[C@H](N)c1c(F)cccc1-n1cc(-c2ccccc2)cn1. The van der Waals surface area contributed by atoms with Gasteiger partial charge < -0.3 is 5.73 Å². The number of benzene rings is 2. The molecule has 2 N–H and O–H groups in total. The van der Waals surface area contributed by atoms with Crippen LogP contribution in [0.5, 0.6) is 0 Å². The third-order valence-electron chi connectivity index (χ3n) is 3.42. The van der Waals surface area contributed by atoms with Gasteiger partial charge in [-0.2, -0.15) is 5.10 Å². The highest BCUT2D eigenvalue weighted by molar-refractivity contribution is 5.62. The molecule has 0 radical (unpaired) electrons. The molecule has 0 aliphatic rings. The van der Waals surface area contributed by atoms with Crippen LogP contribution in [0.3, 0.4) is 0 Å². The van der Waals surface area contributed by atoms with Crippen LogP contribution in [0.2, 0.25) is 0 Å². The molecule has 1 atom stereocenters. The largest absolute Gasteiger partial charge is 0.324 e. The summed E-state index contributed by atoms with van der Waals surface area (Å²) in [6.07, 6.45) is 3.65. The van der Waals surface area contributed by atoms with Crippen molar-refractivity contribution in [2.24, 2.45) is 5.73 Å². The number of nitrogens with zero attached hydrogens (tertiary/aromatic N) is 2. The molecule has 0 bridgehead atoms. The lowest BCUT2D eigenvalue weighted by Crippen LogP contribution is -2.12. The van der Waals surface area contributed by atoms with Crippen molar-refractivity contribution in [3.8, 4) is 16.8 Å². The fourth-order valence-electron chi connectivity index (χ4n) is 2.41. The highest BCUT2D eigenvalue weighted by Gasteiger charge is 2.14. The quantitative estimate of drug-likeness (QED) is 0.795. The Labute approximate surface area is 122 Å². The summed E-state index contributed by atoms with van der Waals surface area (Å²) in [4.78, 5) is 0. The molecule has 0 saturated heterocycles. The van der Waals surface area contributed by atoms with Crippen LogP contribution in [0.25, 0.3) is 16.8 Å². The van der Waals surface area contributed by atoms with Crippen molar-refractivity contribution < 1.29 is 4.39 Å². The van der Waals surface area contributed by atoms with Crippen molar-refractivity contribution in [1.29, 1.82) is 0 Å². The third-order valence-corrected chi connectivity index (χ3v) is 3.42. The molecule has 1 heterocycles. The summed E-state index contributed by atoms with van der Waals surface area (Å²) in [5.74, 6) is -0.306.